The zero-order valence-corrected chi connectivity index (χ0v) is 21.5. The van der Waals surface area contributed by atoms with Crippen molar-refractivity contribution in [1.29, 1.82) is 0 Å². The Hall–Kier alpha value is -5.63. The predicted molar refractivity (Wildman–Crippen MR) is 155 cm³/mol. The van der Waals surface area contributed by atoms with Gasteiger partial charge in [-0.05, 0) is 78.7 Å². The number of nitro benzene ring substituents is 1. The fourth-order valence-corrected chi connectivity index (χ4v) is 3.76. The quantitative estimate of drug-likeness (QED) is 0.115. The molecular weight excluding hydrogens is 506 g/mol. The molecule has 0 aliphatic carbocycles. The van der Waals surface area contributed by atoms with Gasteiger partial charge in [0, 0.05) is 28.9 Å². The number of ketones is 1. The van der Waals surface area contributed by atoms with Crippen LogP contribution in [0.4, 0.5) is 11.4 Å². The summed E-state index contributed by atoms with van der Waals surface area (Å²) >= 11 is 0. The molecule has 8 nitrogen and oxygen atoms in total. The molecule has 0 heterocycles. The number of nitro groups is 1. The average Bonchev–Trinajstić information content (AvgIpc) is 2.96. The molecule has 8 heteroatoms. The lowest BCUT2D eigenvalue weighted by Gasteiger charge is -2.12. The van der Waals surface area contributed by atoms with Crippen LogP contribution in [0.15, 0.2) is 115 Å². The first kappa shape index (κ1) is 27.4. The maximum Gasteiger partial charge on any atom is 0.272 e. The number of rotatable bonds is 9. The monoisotopic (exact) mass is 531 g/mol. The van der Waals surface area contributed by atoms with Gasteiger partial charge in [0.15, 0.2) is 5.78 Å². The van der Waals surface area contributed by atoms with Crippen molar-refractivity contribution in [2.75, 3.05) is 5.32 Å². The van der Waals surface area contributed by atoms with E-state index in [2.05, 4.69) is 10.6 Å². The zero-order valence-electron chi connectivity index (χ0n) is 21.5. The minimum absolute atomic E-state index is 0.0658. The molecule has 0 saturated carbocycles. The van der Waals surface area contributed by atoms with Crippen molar-refractivity contribution in [2.45, 2.75) is 6.92 Å². The second-order valence-electron chi connectivity index (χ2n) is 8.87. The third-order valence-corrected chi connectivity index (χ3v) is 5.84. The lowest BCUT2D eigenvalue weighted by atomic mass is 10.1. The van der Waals surface area contributed by atoms with E-state index in [1.54, 1.807) is 60.7 Å². The molecule has 0 bridgehead atoms. The fourth-order valence-electron chi connectivity index (χ4n) is 3.76. The summed E-state index contributed by atoms with van der Waals surface area (Å²) in [5, 5.41) is 16.3. The highest BCUT2D eigenvalue weighted by Gasteiger charge is 2.16. The zero-order chi connectivity index (χ0) is 28.5. The summed E-state index contributed by atoms with van der Waals surface area (Å²) in [5.74, 6) is -1.29. The van der Waals surface area contributed by atoms with E-state index in [1.165, 1.54) is 36.4 Å². The van der Waals surface area contributed by atoms with Crippen LogP contribution >= 0.6 is 0 Å². The number of benzene rings is 4. The van der Waals surface area contributed by atoms with Crippen molar-refractivity contribution in [1.82, 2.24) is 5.32 Å². The van der Waals surface area contributed by atoms with Gasteiger partial charge in [-0.3, -0.25) is 24.5 Å². The molecule has 0 aliphatic heterocycles. The van der Waals surface area contributed by atoms with E-state index in [-0.39, 0.29) is 17.2 Å². The van der Waals surface area contributed by atoms with Crippen molar-refractivity contribution in [3.05, 3.63) is 153 Å². The van der Waals surface area contributed by atoms with Gasteiger partial charge in [-0.1, -0.05) is 54.1 Å². The van der Waals surface area contributed by atoms with Crippen LogP contribution in [0, 0.1) is 17.0 Å². The molecule has 0 aromatic heterocycles. The van der Waals surface area contributed by atoms with Gasteiger partial charge in [0.25, 0.3) is 17.5 Å². The third kappa shape index (κ3) is 7.45. The van der Waals surface area contributed by atoms with Crippen molar-refractivity contribution in [3.63, 3.8) is 0 Å². The van der Waals surface area contributed by atoms with Crippen LogP contribution in [-0.4, -0.2) is 22.5 Å². The van der Waals surface area contributed by atoms with E-state index in [9.17, 15) is 24.5 Å². The summed E-state index contributed by atoms with van der Waals surface area (Å²) in [6.07, 6.45) is 4.66. The minimum Gasteiger partial charge on any atom is -0.321 e. The number of allylic oxidation sites excluding steroid dienone is 1. The van der Waals surface area contributed by atoms with Crippen LogP contribution in [0.25, 0.3) is 12.2 Å². The summed E-state index contributed by atoms with van der Waals surface area (Å²) in [6, 6.07) is 28.1. The molecule has 4 rings (SSSR count). The third-order valence-electron chi connectivity index (χ3n) is 5.84. The SMILES string of the molecule is Cc1cccc(/C=C/C(=O)c2ccc(NC(=O)/C(=C/c3ccc([N+](=O)[O-])cc3)NC(=O)c3ccccc3)cc2)c1. The van der Waals surface area contributed by atoms with E-state index in [4.69, 9.17) is 0 Å². The van der Waals surface area contributed by atoms with Crippen molar-refractivity contribution >= 4 is 41.1 Å². The van der Waals surface area contributed by atoms with E-state index in [0.717, 1.165) is 11.1 Å². The number of hydrogen-bond acceptors (Lipinski definition) is 5. The second kappa shape index (κ2) is 12.7. The molecule has 0 unspecified atom stereocenters. The smallest absolute Gasteiger partial charge is 0.272 e. The molecule has 0 saturated heterocycles. The van der Waals surface area contributed by atoms with Crippen molar-refractivity contribution in [3.8, 4) is 0 Å². The van der Waals surface area contributed by atoms with Crippen LogP contribution in [0.1, 0.15) is 37.4 Å². The van der Waals surface area contributed by atoms with Crippen LogP contribution in [-0.2, 0) is 4.79 Å². The maximum absolute atomic E-state index is 13.2. The first-order valence-corrected chi connectivity index (χ1v) is 12.3. The van der Waals surface area contributed by atoms with Crippen molar-refractivity contribution < 1.29 is 19.3 Å². The van der Waals surface area contributed by atoms with Gasteiger partial charge in [0.2, 0.25) is 0 Å². The van der Waals surface area contributed by atoms with E-state index in [0.29, 0.717) is 22.4 Å². The Kier molecular flexibility index (Phi) is 8.73. The highest BCUT2D eigenvalue weighted by molar-refractivity contribution is 6.11. The molecule has 0 aliphatic rings. The Bertz CT molecular complexity index is 1610. The van der Waals surface area contributed by atoms with E-state index in [1.807, 2.05) is 31.2 Å². The number of carbonyl (C=O) groups is 3. The van der Waals surface area contributed by atoms with Gasteiger partial charge in [0.05, 0.1) is 4.92 Å². The number of carbonyl (C=O) groups excluding carboxylic acids is 3. The summed E-state index contributed by atoms with van der Waals surface area (Å²) in [4.78, 5) is 49.0. The normalized spacial score (nSPS) is 11.2. The standard InChI is InChI=1S/C32H25N3O5/c1-22-6-5-7-23(20-22)12-19-30(36)25-13-15-27(16-14-25)33-32(38)29(34-31(37)26-8-3-2-4-9-26)21-24-10-17-28(18-11-24)35(39)40/h2-21H,1H3,(H,33,38)(H,34,37)/b19-12+,29-21-. The average molecular weight is 532 g/mol. The topological polar surface area (TPSA) is 118 Å². The van der Waals surface area contributed by atoms with Gasteiger partial charge in [-0.15, -0.1) is 0 Å². The number of anilines is 1. The summed E-state index contributed by atoms with van der Waals surface area (Å²) in [6.45, 7) is 1.98. The number of nitrogens with zero attached hydrogens (tertiary/aromatic N) is 1. The van der Waals surface area contributed by atoms with Crippen LogP contribution in [0.3, 0.4) is 0 Å². The van der Waals surface area contributed by atoms with Crippen LogP contribution in [0.5, 0.6) is 0 Å². The van der Waals surface area contributed by atoms with Crippen molar-refractivity contribution in [2.24, 2.45) is 0 Å². The molecule has 2 amide bonds. The summed E-state index contributed by atoms with van der Waals surface area (Å²) in [5.41, 5.74) is 3.54. The van der Waals surface area contributed by atoms with Gasteiger partial charge < -0.3 is 10.6 Å². The number of non-ortho nitro benzene ring substituents is 1. The van der Waals surface area contributed by atoms with Gasteiger partial charge in [-0.2, -0.15) is 0 Å². The number of hydrogen-bond donors (Lipinski definition) is 2. The first-order chi connectivity index (χ1) is 19.3. The molecular formula is C32H25N3O5. The minimum atomic E-state index is -0.610. The molecule has 4 aromatic rings. The summed E-state index contributed by atoms with van der Waals surface area (Å²) < 4.78 is 0. The number of amides is 2. The number of nitrogens with one attached hydrogen (secondary N) is 2. The Morgan fingerprint density at radius 3 is 2.12 bits per heavy atom. The maximum atomic E-state index is 13.2. The molecule has 0 fully saturated rings. The van der Waals surface area contributed by atoms with Gasteiger partial charge in [-0.25, -0.2) is 0 Å². The lowest BCUT2D eigenvalue weighted by molar-refractivity contribution is -0.384. The Morgan fingerprint density at radius 1 is 0.775 bits per heavy atom. The second-order valence-corrected chi connectivity index (χ2v) is 8.87. The first-order valence-electron chi connectivity index (χ1n) is 12.3. The fraction of sp³-hybridized carbons (Fsp3) is 0.0312. The Balaban J connectivity index is 1.51. The Morgan fingerprint density at radius 2 is 1.48 bits per heavy atom. The van der Waals surface area contributed by atoms with E-state index < -0.39 is 16.7 Å². The predicted octanol–water partition coefficient (Wildman–Crippen LogP) is 6.21. The molecule has 0 spiro atoms. The van der Waals surface area contributed by atoms with Crippen LogP contribution in [0.2, 0.25) is 0 Å². The summed E-state index contributed by atoms with van der Waals surface area (Å²) in [7, 11) is 0. The molecule has 2 N–H and O–H groups in total. The molecule has 0 radical (unpaired) electrons. The number of aryl methyl sites for hydroxylation is 1. The van der Waals surface area contributed by atoms with Crippen LogP contribution < -0.4 is 10.6 Å². The van der Waals surface area contributed by atoms with Gasteiger partial charge in [0.1, 0.15) is 5.70 Å². The molecule has 0 atom stereocenters. The molecule has 4 aromatic carbocycles. The lowest BCUT2D eigenvalue weighted by Crippen LogP contribution is -2.30. The molecule has 198 valence electrons. The molecule has 40 heavy (non-hydrogen) atoms. The highest BCUT2D eigenvalue weighted by Crippen LogP contribution is 2.17. The van der Waals surface area contributed by atoms with E-state index >= 15 is 0 Å². The largest absolute Gasteiger partial charge is 0.321 e. The van der Waals surface area contributed by atoms with Gasteiger partial charge >= 0.3 is 0 Å². The highest BCUT2D eigenvalue weighted by atomic mass is 16.6. The Labute approximate surface area is 230 Å².